The van der Waals surface area contributed by atoms with E-state index in [4.69, 9.17) is 10.8 Å². The van der Waals surface area contributed by atoms with E-state index in [0.29, 0.717) is 23.5 Å². The Kier molecular flexibility index (Phi) is 3.18. The molecule has 0 amide bonds. The van der Waals surface area contributed by atoms with Crippen molar-refractivity contribution in [2.45, 2.75) is 13.0 Å². The van der Waals surface area contributed by atoms with Crippen molar-refractivity contribution in [1.82, 2.24) is 9.78 Å². The molecule has 1 heterocycles. The predicted octanol–water partition coefficient (Wildman–Crippen LogP) is 0.846. The Morgan fingerprint density at radius 3 is 2.72 bits per heavy atom. The zero-order chi connectivity index (χ0) is 13.1. The molecule has 6 heteroatoms. The molecule has 1 aromatic carbocycles. The first-order valence-corrected chi connectivity index (χ1v) is 5.36. The summed E-state index contributed by atoms with van der Waals surface area (Å²) in [5.41, 5.74) is 6.95. The van der Waals surface area contributed by atoms with Crippen LogP contribution in [0.15, 0.2) is 30.5 Å². The fourth-order valence-electron chi connectivity index (χ4n) is 1.66. The van der Waals surface area contributed by atoms with Crippen LogP contribution in [0, 0.1) is 0 Å². The number of benzene rings is 1. The Bertz CT molecular complexity index is 578. The predicted molar refractivity (Wildman–Crippen MR) is 65.2 cm³/mol. The van der Waals surface area contributed by atoms with Gasteiger partial charge in [0.1, 0.15) is 11.6 Å². The summed E-state index contributed by atoms with van der Waals surface area (Å²) in [6, 6.07) is 6.86. The Morgan fingerprint density at radius 1 is 1.33 bits per heavy atom. The van der Waals surface area contributed by atoms with Gasteiger partial charge in [-0.15, -0.1) is 0 Å². The van der Waals surface area contributed by atoms with E-state index in [-0.39, 0.29) is 12.2 Å². The van der Waals surface area contributed by atoms with Crippen molar-refractivity contribution in [1.29, 1.82) is 0 Å². The third-order valence-electron chi connectivity index (χ3n) is 2.61. The lowest BCUT2D eigenvalue weighted by atomic mass is 10.2. The molecule has 0 aliphatic heterocycles. The number of anilines is 1. The average Bonchev–Trinajstić information content (AvgIpc) is 2.64. The molecular formula is C12H13N3O3. The number of hydrogen-bond acceptors (Lipinski definition) is 4. The van der Waals surface area contributed by atoms with Crippen LogP contribution in [0.3, 0.4) is 0 Å². The first-order valence-electron chi connectivity index (χ1n) is 5.36. The summed E-state index contributed by atoms with van der Waals surface area (Å²) >= 11 is 0. The highest BCUT2D eigenvalue weighted by Gasteiger charge is 2.11. The topological polar surface area (TPSA) is 101 Å². The molecule has 0 spiro atoms. The lowest BCUT2D eigenvalue weighted by molar-refractivity contribution is -0.136. The largest absolute Gasteiger partial charge is 0.508 e. The molecule has 94 valence electrons. The number of nitrogens with two attached hydrogens (primary N) is 1. The maximum absolute atomic E-state index is 10.6. The highest BCUT2D eigenvalue weighted by atomic mass is 16.4. The van der Waals surface area contributed by atoms with Crippen LogP contribution in [0.5, 0.6) is 5.75 Å². The third-order valence-corrected chi connectivity index (χ3v) is 2.61. The van der Waals surface area contributed by atoms with Gasteiger partial charge in [-0.2, -0.15) is 5.10 Å². The van der Waals surface area contributed by atoms with E-state index in [1.165, 1.54) is 10.9 Å². The minimum absolute atomic E-state index is 0.159. The van der Waals surface area contributed by atoms with Crippen molar-refractivity contribution in [3.8, 4) is 5.75 Å². The maximum Gasteiger partial charge on any atom is 0.308 e. The molecule has 18 heavy (non-hydrogen) atoms. The molecule has 0 aliphatic carbocycles. The molecule has 1 aromatic heterocycles. The molecule has 2 rings (SSSR count). The van der Waals surface area contributed by atoms with Gasteiger partial charge in [-0.05, 0) is 6.07 Å². The van der Waals surface area contributed by atoms with Gasteiger partial charge in [0.2, 0.25) is 0 Å². The van der Waals surface area contributed by atoms with Crippen molar-refractivity contribution >= 4 is 11.8 Å². The second kappa shape index (κ2) is 4.79. The van der Waals surface area contributed by atoms with E-state index >= 15 is 0 Å². The zero-order valence-electron chi connectivity index (χ0n) is 9.58. The van der Waals surface area contributed by atoms with Crippen LogP contribution in [0.4, 0.5) is 5.82 Å². The van der Waals surface area contributed by atoms with Gasteiger partial charge in [-0.25, -0.2) is 4.68 Å². The van der Waals surface area contributed by atoms with Gasteiger partial charge in [0.05, 0.1) is 19.2 Å². The van der Waals surface area contributed by atoms with Gasteiger partial charge >= 0.3 is 5.97 Å². The number of carbonyl (C=O) groups is 1. The van der Waals surface area contributed by atoms with Crippen molar-refractivity contribution in [3.63, 3.8) is 0 Å². The highest BCUT2D eigenvalue weighted by Crippen LogP contribution is 2.19. The summed E-state index contributed by atoms with van der Waals surface area (Å²) in [4.78, 5) is 10.6. The average molecular weight is 247 g/mol. The van der Waals surface area contributed by atoms with Crippen molar-refractivity contribution < 1.29 is 15.0 Å². The molecule has 0 fully saturated rings. The molecule has 0 aliphatic rings. The van der Waals surface area contributed by atoms with Crippen LogP contribution in [0.1, 0.15) is 11.1 Å². The first kappa shape index (κ1) is 12.0. The van der Waals surface area contributed by atoms with Crippen molar-refractivity contribution in [2.24, 2.45) is 0 Å². The SMILES string of the molecule is Nc1c(CC(=O)O)cnn1Cc1ccccc1O. The summed E-state index contributed by atoms with van der Waals surface area (Å²) in [5, 5.41) is 22.4. The number of nitrogens with zero attached hydrogens (tertiary/aromatic N) is 2. The summed E-state index contributed by atoms with van der Waals surface area (Å²) < 4.78 is 1.47. The number of aromatic nitrogens is 2. The van der Waals surface area contributed by atoms with Gasteiger partial charge in [-0.3, -0.25) is 4.79 Å². The van der Waals surface area contributed by atoms with Crippen LogP contribution in [0.2, 0.25) is 0 Å². The lowest BCUT2D eigenvalue weighted by Crippen LogP contribution is -2.08. The summed E-state index contributed by atoms with van der Waals surface area (Å²) in [6.45, 7) is 0.304. The number of nitrogen functional groups attached to an aromatic ring is 1. The number of phenolic OH excluding ortho intramolecular Hbond substituents is 1. The number of hydrogen-bond donors (Lipinski definition) is 3. The van der Waals surface area contributed by atoms with E-state index in [1.807, 2.05) is 0 Å². The molecule has 2 aromatic rings. The van der Waals surface area contributed by atoms with E-state index in [2.05, 4.69) is 5.10 Å². The molecule has 0 saturated carbocycles. The third kappa shape index (κ3) is 2.42. The van der Waals surface area contributed by atoms with Crippen LogP contribution in [-0.2, 0) is 17.8 Å². The standard InChI is InChI=1S/C12H13N3O3/c13-12-9(5-11(17)18)6-14-15(12)7-8-3-1-2-4-10(8)16/h1-4,6,16H,5,7,13H2,(H,17,18). The molecule has 0 bridgehead atoms. The Hall–Kier alpha value is -2.50. The number of aromatic hydroxyl groups is 1. The summed E-state index contributed by atoms with van der Waals surface area (Å²) in [5.74, 6) is -0.489. The number of phenols is 1. The molecule has 0 radical (unpaired) electrons. The number of carboxylic acids is 1. The summed E-state index contributed by atoms with van der Waals surface area (Å²) in [6.07, 6.45) is 1.27. The highest BCUT2D eigenvalue weighted by molar-refractivity contribution is 5.72. The maximum atomic E-state index is 10.6. The minimum Gasteiger partial charge on any atom is -0.508 e. The second-order valence-corrected chi connectivity index (χ2v) is 3.91. The van der Waals surface area contributed by atoms with E-state index in [1.54, 1.807) is 24.3 Å². The molecular weight excluding hydrogens is 234 g/mol. The van der Waals surface area contributed by atoms with E-state index < -0.39 is 5.97 Å². The van der Waals surface area contributed by atoms with Gasteiger partial charge in [0.25, 0.3) is 0 Å². The molecule has 0 atom stereocenters. The van der Waals surface area contributed by atoms with Crippen molar-refractivity contribution in [3.05, 3.63) is 41.6 Å². The monoisotopic (exact) mass is 247 g/mol. The fourth-order valence-corrected chi connectivity index (χ4v) is 1.66. The Balaban J connectivity index is 2.23. The molecule has 0 saturated heterocycles. The van der Waals surface area contributed by atoms with Crippen LogP contribution >= 0.6 is 0 Å². The Morgan fingerprint density at radius 2 is 2.06 bits per heavy atom. The number of para-hydroxylation sites is 1. The normalized spacial score (nSPS) is 10.4. The van der Waals surface area contributed by atoms with Crippen LogP contribution < -0.4 is 5.73 Å². The lowest BCUT2D eigenvalue weighted by Gasteiger charge is -2.06. The second-order valence-electron chi connectivity index (χ2n) is 3.91. The molecule has 0 unspecified atom stereocenters. The van der Waals surface area contributed by atoms with Gasteiger partial charge < -0.3 is 15.9 Å². The van der Waals surface area contributed by atoms with Crippen LogP contribution in [0.25, 0.3) is 0 Å². The smallest absolute Gasteiger partial charge is 0.308 e. The number of carboxylic acid groups (broad SMARTS) is 1. The summed E-state index contributed by atoms with van der Waals surface area (Å²) in [7, 11) is 0. The quantitative estimate of drug-likeness (QED) is 0.743. The zero-order valence-corrected chi connectivity index (χ0v) is 9.58. The number of rotatable bonds is 4. The van der Waals surface area contributed by atoms with E-state index in [0.717, 1.165) is 0 Å². The van der Waals surface area contributed by atoms with E-state index in [9.17, 15) is 9.90 Å². The number of aliphatic carboxylic acids is 1. The van der Waals surface area contributed by atoms with Crippen LogP contribution in [-0.4, -0.2) is 26.0 Å². The molecule has 4 N–H and O–H groups in total. The fraction of sp³-hybridized carbons (Fsp3) is 0.167. The first-order chi connectivity index (χ1) is 8.58. The molecule has 6 nitrogen and oxygen atoms in total. The van der Waals surface area contributed by atoms with Gasteiger partial charge in [0.15, 0.2) is 0 Å². The van der Waals surface area contributed by atoms with Gasteiger partial charge in [-0.1, -0.05) is 18.2 Å². The van der Waals surface area contributed by atoms with Crippen molar-refractivity contribution in [2.75, 3.05) is 5.73 Å². The minimum atomic E-state index is -0.955. The van der Waals surface area contributed by atoms with Gasteiger partial charge in [0, 0.05) is 11.1 Å². The Labute approximate surface area is 103 Å².